The van der Waals surface area contributed by atoms with Crippen molar-refractivity contribution in [2.45, 2.75) is 31.8 Å². The summed E-state index contributed by atoms with van der Waals surface area (Å²) in [6, 6.07) is 10.1. The molecule has 1 aromatic carbocycles. The van der Waals surface area contributed by atoms with Crippen LogP contribution in [0.5, 0.6) is 0 Å². The van der Waals surface area contributed by atoms with Crippen LogP contribution >= 0.6 is 0 Å². The van der Waals surface area contributed by atoms with Gasteiger partial charge in [0.1, 0.15) is 5.58 Å². The smallest absolute Gasteiger partial charge is 0.371 e. The molecule has 2 aromatic rings. The highest BCUT2D eigenvalue weighted by Crippen LogP contribution is 2.29. The first-order chi connectivity index (χ1) is 10.2. The van der Waals surface area contributed by atoms with E-state index in [1.807, 2.05) is 18.2 Å². The van der Waals surface area contributed by atoms with Gasteiger partial charge in [-0.3, -0.25) is 4.90 Å². The molecule has 0 atom stereocenters. The molecule has 0 radical (unpaired) electrons. The summed E-state index contributed by atoms with van der Waals surface area (Å²) in [7, 11) is 0. The third-order valence-electron chi connectivity index (χ3n) is 3.75. The number of nitrogens with zero attached hydrogens (tertiary/aromatic N) is 2. The number of hydrogen-bond acceptors (Lipinski definition) is 4. The lowest BCUT2D eigenvalue weighted by atomic mass is 10.1. The van der Waals surface area contributed by atoms with Gasteiger partial charge in [-0.05, 0) is 36.6 Å². The molecule has 0 bridgehead atoms. The number of aromatic carboxylic acids is 1. The molecule has 0 unspecified atom stereocenters. The number of fused-ring (bicyclic) bond motifs is 1. The fourth-order valence-electron chi connectivity index (χ4n) is 2.56. The summed E-state index contributed by atoms with van der Waals surface area (Å²) in [5, 5.41) is 18.5. The van der Waals surface area contributed by atoms with Gasteiger partial charge < -0.3 is 9.52 Å². The zero-order chi connectivity index (χ0) is 14.8. The molecular formula is C16H16N2O3. The summed E-state index contributed by atoms with van der Waals surface area (Å²) in [5.74, 6) is -1.09. The van der Waals surface area contributed by atoms with E-state index in [0.29, 0.717) is 18.0 Å². The van der Waals surface area contributed by atoms with Crippen LogP contribution in [-0.4, -0.2) is 28.6 Å². The second-order valence-corrected chi connectivity index (χ2v) is 5.40. The van der Waals surface area contributed by atoms with E-state index < -0.39 is 5.97 Å². The molecule has 5 nitrogen and oxygen atoms in total. The van der Waals surface area contributed by atoms with Crippen LogP contribution in [-0.2, 0) is 6.54 Å². The number of carboxylic acid groups (broad SMARTS) is 1. The van der Waals surface area contributed by atoms with E-state index in [-0.39, 0.29) is 5.76 Å². The number of furan rings is 1. The highest BCUT2D eigenvalue weighted by molar-refractivity contribution is 5.91. The number of carbonyl (C=O) groups is 1. The first-order valence-electron chi connectivity index (χ1n) is 7.04. The predicted octanol–water partition coefficient (Wildman–Crippen LogP) is 3.01. The predicted molar refractivity (Wildman–Crippen MR) is 76.8 cm³/mol. The number of benzene rings is 1. The van der Waals surface area contributed by atoms with Gasteiger partial charge in [0.2, 0.25) is 5.76 Å². The summed E-state index contributed by atoms with van der Waals surface area (Å²) < 4.78 is 5.26. The Hall–Kier alpha value is -2.32. The molecule has 3 rings (SSSR count). The third kappa shape index (κ3) is 3.06. The average Bonchev–Trinajstić information content (AvgIpc) is 3.22. The van der Waals surface area contributed by atoms with Gasteiger partial charge in [-0.25, -0.2) is 4.79 Å². The minimum Gasteiger partial charge on any atom is -0.475 e. The van der Waals surface area contributed by atoms with Crippen LogP contribution in [0, 0.1) is 11.3 Å². The Morgan fingerprint density at radius 1 is 1.43 bits per heavy atom. The van der Waals surface area contributed by atoms with Crippen molar-refractivity contribution in [3.05, 3.63) is 35.6 Å². The van der Waals surface area contributed by atoms with Crippen LogP contribution in [0.25, 0.3) is 11.0 Å². The summed E-state index contributed by atoms with van der Waals surface area (Å²) >= 11 is 0. The quantitative estimate of drug-likeness (QED) is 0.882. The van der Waals surface area contributed by atoms with Gasteiger partial charge in [0, 0.05) is 30.9 Å². The zero-order valence-corrected chi connectivity index (χ0v) is 11.6. The second kappa shape index (κ2) is 5.58. The molecule has 1 saturated carbocycles. The molecule has 0 aliphatic heterocycles. The molecule has 0 spiro atoms. The molecule has 0 saturated heterocycles. The van der Waals surface area contributed by atoms with Gasteiger partial charge in [0.15, 0.2) is 0 Å². The van der Waals surface area contributed by atoms with Crippen LogP contribution in [0.4, 0.5) is 0 Å². The Labute approximate surface area is 122 Å². The molecule has 21 heavy (non-hydrogen) atoms. The topological polar surface area (TPSA) is 77.5 Å². The fourth-order valence-corrected chi connectivity index (χ4v) is 2.56. The van der Waals surface area contributed by atoms with E-state index >= 15 is 0 Å². The molecule has 1 aromatic heterocycles. The van der Waals surface area contributed by atoms with Crippen molar-refractivity contribution < 1.29 is 14.3 Å². The summed E-state index contributed by atoms with van der Waals surface area (Å²) in [6.07, 6.45) is 2.93. The van der Waals surface area contributed by atoms with E-state index in [9.17, 15) is 4.79 Å². The number of nitriles is 1. The molecule has 1 N–H and O–H groups in total. The SMILES string of the molecule is N#CCCN(Cc1ccc2oc(C(=O)O)cc2c1)C1CC1. The maximum Gasteiger partial charge on any atom is 0.371 e. The van der Waals surface area contributed by atoms with Gasteiger partial charge in [0.05, 0.1) is 6.07 Å². The molecule has 1 heterocycles. The minimum absolute atomic E-state index is 0.0364. The number of hydrogen-bond donors (Lipinski definition) is 1. The van der Waals surface area contributed by atoms with Crippen LogP contribution in [0.1, 0.15) is 35.4 Å². The fraction of sp³-hybridized carbons (Fsp3) is 0.375. The van der Waals surface area contributed by atoms with Crippen LogP contribution in [0.15, 0.2) is 28.7 Å². The van der Waals surface area contributed by atoms with Crippen molar-refractivity contribution in [1.29, 1.82) is 5.26 Å². The Kier molecular flexibility index (Phi) is 3.63. The van der Waals surface area contributed by atoms with Gasteiger partial charge in [-0.2, -0.15) is 5.26 Å². The maximum atomic E-state index is 10.9. The van der Waals surface area contributed by atoms with Gasteiger partial charge in [-0.1, -0.05) is 6.07 Å². The highest BCUT2D eigenvalue weighted by Gasteiger charge is 2.28. The van der Waals surface area contributed by atoms with Crippen LogP contribution in [0.2, 0.25) is 0 Å². The first kappa shape index (κ1) is 13.7. The Morgan fingerprint density at radius 2 is 2.24 bits per heavy atom. The van der Waals surface area contributed by atoms with Crippen LogP contribution in [0.3, 0.4) is 0 Å². The Balaban J connectivity index is 1.79. The van der Waals surface area contributed by atoms with E-state index in [0.717, 1.165) is 24.0 Å². The Bertz CT molecular complexity index is 710. The molecule has 108 valence electrons. The zero-order valence-electron chi connectivity index (χ0n) is 11.6. The second-order valence-electron chi connectivity index (χ2n) is 5.40. The Morgan fingerprint density at radius 3 is 2.90 bits per heavy atom. The van der Waals surface area contributed by atoms with Gasteiger partial charge >= 0.3 is 5.97 Å². The van der Waals surface area contributed by atoms with Gasteiger partial charge in [0.25, 0.3) is 0 Å². The third-order valence-corrected chi connectivity index (χ3v) is 3.75. The van der Waals surface area contributed by atoms with E-state index in [1.54, 1.807) is 6.07 Å². The van der Waals surface area contributed by atoms with Crippen molar-refractivity contribution in [2.75, 3.05) is 6.54 Å². The summed E-state index contributed by atoms with van der Waals surface area (Å²) in [5.41, 5.74) is 1.70. The lowest BCUT2D eigenvalue weighted by Gasteiger charge is -2.20. The minimum atomic E-state index is -1.05. The van der Waals surface area contributed by atoms with Crippen molar-refractivity contribution in [3.8, 4) is 6.07 Å². The molecular weight excluding hydrogens is 268 g/mol. The molecule has 1 fully saturated rings. The standard InChI is InChI=1S/C16H16N2O3/c17-6-1-7-18(13-3-4-13)10-11-2-5-14-12(8-11)9-15(21-14)16(19)20/h2,5,8-9,13H,1,3-4,7,10H2,(H,19,20). The first-order valence-corrected chi connectivity index (χ1v) is 7.04. The monoisotopic (exact) mass is 284 g/mol. The number of rotatable bonds is 6. The maximum absolute atomic E-state index is 10.9. The van der Waals surface area contributed by atoms with Crippen molar-refractivity contribution >= 4 is 16.9 Å². The largest absolute Gasteiger partial charge is 0.475 e. The normalized spacial score (nSPS) is 14.5. The average molecular weight is 284 g/mol. The van der Waals surface area contributed by atoms with E-state index in [2.05, 4.69) is 11.0 Å². The van der Waals surface area contributed by atoms with E-state index in [4.69, 9.17) is 14.8 Å². The molecule has 1 aliphatic rings. The van der Waals surface area contributed by atoms with Crippen molar-refractivity contribution in [1.82, 2.24) is 4.90 Å². The van der Waals surface area contributed by atoms with Crippen LogP contribution < -0.4 is 0 Å². The van der Waals surface area contributed by atoms with Gasteiger partial charge in [-0.15, -0.1) is 0 Å². The summed E-state index contributed by atoms with van der Waals surface area (Å²) in [6.45, 7) is 1.57. The molecule has 0 amide bonds. The lowest BCUT2D eigenvalue weighted by molar-refractivity contribution is 0.0665. The molecule has 5 heteroatoms. The van der Waals surface area contributed by atoms with E-state index in [1.165, 1.54) is 12.8 Å². The van der Waals surface area contributed by atoms with Crippen molar-refractivity contribution in [3.63, 3.8) is 0 Å². The van der Waals surface area contributed by atoms with Crippen molar-refractivity contribution in [2.24, 2.45) is 0 Å². The lowest BCUT2D eigenvalue weighted by Crippen LogP contribution is -2.26. The number of carboxylic acids is 1. The molecule has 1 aliphatic carbocycles. The summed E-state index contributed by atoms with van der Waals surface area (Å²) in [4.78, 5) is 13.2. The highest BCUT2D eigenvalue weighted by atomic mass is 16.4.